The largest absolute Gasteiger partial charge is 0.377 e. The summed E-state index contributed by atoms with van der Waals surface area (Å²) >= 11 is 0. The zero-order valence-electron chi connectivity index (χ0n) is 12.4. The van der Waals surface area contributed by atoms with Crippen molar-refractivity contribution in [2.24, 2.45) is 5.73 Å². The van der Waals surface area contributed by atoms with Crippen LogP contribution in [0.25, 0.3) is 0 Å². The quantitative estimate of drug-likeness (QED) is 0.810. The Labute approximate surface area is 111 Å². The second-order valence-electron chi connectivity index (χ2n) is 4.98. The maximum absolute atomic E-state index is 6.31. The Bertz CT molecular complexity index is 369. The zero-order valence-corrected chi connectivity index (χ0v) is 12.4. The van der Waals surface area contributed by atoms with Gasteiger partial charge in [-0.1, -0.05) is 13.8 Å². The molecule has 1 rings (SSSR count). The molecule has 4 nitrogen and oxygen atoms in total. The van der Waals surface area contributed by atoms with Gasteiger partial charge in [-0.05, 0) is 32.8 Å². The lowest BCUT2D eigenvalue weighted by Crippen LogP contribution is -2.48. The highest BCUT2D eigenvalue weighted by Crippen LogP contribution is 2.21. The molecule has 1 heterocycles. The molecule has 0 amide bonds. The highest BCUT2D eigenvalue weighted by molar-refractivity contribution is 5.13. The first-order valence-electron chi connectivity index (χ1n) is 6.87. The van der Waals surface area contributed by atoms with Crippen LogP contribution in [0.2, 0.25) is 0 Å². The lowest BCUT2D eigenvalue weighted by atomic mass is 9.90. The summed E-state index contributed by atoms with van der Waals surface area (Å²) in [7, 11) is 1.73. The van der Waals surface area contributed by atoms with Gasteiger partial charge in [-0.15, -0.1) is 0 Å². The van der Waals surface area contributed by atoms with Crippen LogP contribution in [0.1, 0.15) is 45.5 Å². The maximum Gasteiger partial charge on any atom is 0.0802 e. The van der Waals surface area contributed by atoms with Crippen molar-refractivity contribution in [3.05, 3.63) is 17.5 Å². The van der Waals surface area contributed by atoms with Gasteiger partial charge >= 0.3 is 0 Å². The van der Waals surface area contributed by atoms with Crippen molar-refractivity contribution in [1.82, 2.24) is 9.78 Å². The molecule has 0 fully saturated rings. The molecular weight excluding hydrogens is 226 g/mol. The van der Waals surface area contributed by atoms with Gasteiger partial charge < -0.3 is 10.5 Å². The third-order valence-electron chi connectivity index (χ3n) is 3.96. The molecule has 104 valence electrons. The van der Waals surface area contributed by atoms with E-state index in [4.69, 9.17) is 10.5 Å². The van der Waals surface area contributed by atoms with Gasteiger partial charge in [0, 0.05) is 31.8 Å². The number of rotatable bonds is 7. The summed E-state index contributed by atoms with van der Waals surface area (Å²) < 4.78 is 7.62. The molecule has 0 aromatic carbocycles. The number of aryl methyl sites for hydroxylation is 2. The van der Waals surface area contributed by atoms with Crippen LogP contribution in [-0.2, 0) is 24.1 Å². The second kappa shape index (κ2) is 6.34. The number of nitrogens with two attached hydrogens (primary N) is 1. The standard InChI is InChI=1S/C14H27N3O/c1-6-11-9-12(17(8-3)16-11)10-13(15)14(4,7-2)18-5/h9,13H,6-8,10,15H2,1-5H3. The van der Waals surface area contributed by atoms with E-state index in [0.29, 0.717) is 0 Å². The molecule has 2 unspecified atom stereocenters. The lowest BCUT2D eigenvalue weighted by molar-refractivity contribution is -0.0188. The Morgan fingerprint density at radius 3 is 2.56 bits per heavy atom. The van der Waals surface area contributed by atoms with Crippen molar-refractivity contribution in [1.29, 1.82) is 0 Å². The Balaban J connectivity index is 2.86. The van der Waals surface area contributed by atoms with Crippen LogP contribution >= 0.6 is 0 Å². The van der Waals surface area contributed by atoms with Gasteiger partial charge in [0.1, 0.15) is 0 Å². The van der Waals surface area contributed by atoms with Crippen LogP contribution in [0.4, 0.5) is 0 Å². The molecule has 2 atom stereocenters. The van der Waals surface area contributed by atoms with Crippen molar-refractivity contribution >= 4 is 0 Å². The molecule has 0 radical (unpaired) electrons. The highest BCUT2D eigenvalue weighted by atomic mass is 16.5. The summed E-state index contributed by atoms with van der Waals surface area (Å²) in [6, 6.07) is 2.15. The van der Waals surface area contributed by atoms with Gasteiger partial charge in [-0.3, -0.25) is 4.68 Å². The second-order valence-corrected chi connectivity index (χ2v) is 4.98. The van der Waals surface area contributed by atoms with E-state index in [-0.39, 0.29) is 11.6 Å². The van der Waals surface area contributed by atoms with E-state index >= 15 is 0 Å². The number of hydrogen-bond donors (Lipinski definition) is 1. The van der Waals surface area contributed by atoms with Crippen LogP contribution in [-0.4, -0.2) is 28.5 Å². The third kappa shape index (κ3) is 3.12. The molecule has 0 saturated heterocycles. The fourth-order valence-electron chi connectivity index (χ4n) is 2.12. The molecule has 0 aliphatic carbocycles. The summed E-state index contributed by atoms with van der Waals surface area (Å²) in [4.78, 5) is 0. The minimum Gasteiger partial charge on any atom is -0.377 e. The number of aromatic nitrogens is 2. The fourth-order valence-corrected chi connectivity index (χ4v) is 2.12. The molecule has 0 saturated carbocycles. The number of ether oxygens (including phenoxy) is 1. The molecule has 0 spiro atoms. The topological polar surface area (TPSA) is 53.1 Å². The van der Waals surface area contributed by atoms with Crippen molar-refractivity contribution in [3.8, 4) is 0 Å². The molecule has 18 heavy (non-hydrogen) atoms. The van der Waals surface area contributed by atoms with Crippen molar-refractivity contribution in [2.45, 2.75) is 65.1 Å². The SMILES string of the molecule is CCc1cc(CC(N)C(C)(CC)OC)n(CC)n1. The average Bonchev–Trinajstić information content (AvgIpc) is 2.79. The molecule has 0 aliphatic heterocycles. The number of methoxy groups -OCH3 is 1. The summed E-state index contributed by atoms with van der Waals surface area (Å²) in [5.74, 6) is 0. The van der Waals surface area contributed by atoms with E-state index in [9.17, 15) is 0 Å². The molecular formula is C14H27N3O. The first kappa shape index (κ1) is 15.2. The van der Waals surface area contributed by atoms with Crippen molar-refractivity contribution in [2.75, 3.05) is 7.11 Å². The van der Waals surface area contributed by atoms with Gasteiger partial charge in [0.05, 0.1) is 11.3 Å². The molecule has 1 aromatic rings. The summed E-state index contributed by atoms with van der Waals surface area (Å²) in [5.41, 5.74) is 8.39. The molecule has 2 N–H and O–H groups in total. The maximum atomic E-state index is 6.31. The molecule has 4 heteroatoms. The van der Waals surface area contributed by atoms with Crippen LogP contribution < -0.4 is 5.73 Å². The van der Waals surface area contributed by atoms with Gasteiger partial charge in [-0.25, -0.2) is 0 Å². The smallest absolute Gasteiger partial charge is 0.0802 e. The Kier molecular flexibility index (Phi) is 5.35. The molecule has 1 aromatic heterocycles. The van der Waals surface area contributed by atoms with Crippen molar-refractivity contribution in [3.63, 3.8) is 0 Å². The predicted octanol–water partition coefficient (Wildman–Crippen LogP) is 2.15. The van der Waals surface area contributed by atoms with E-state index < -0.39 is 0 Å². The van der Waals surface area contributed by atoms with Crippen LogP contribution in [0.5, 0.6) is 0 Å². The monoisotopic (exact) mass is 253 g/mol. The summed E-state index contributed by atoms with van der Waals surface area (Å²) in [6.45, 7) is 9.30. The lowest BCUT2D eigenvalue weighted by Gasteiger charge is -2.33. The first-order valence-corrected chi connectivity index (χ1v) is 6.87. The van der Waals surface area contributed by atoms with E-state index in [0.717, 1.165) is 31.5 Å². The van der Waals surface area contributed by atoms with E-state index in [2.05, 4.69) is 38.9 Å². The Morgan fingerprint density at radius 2 is 2.11 bits per heavy atom. The van der Waals surface area contributed by atoms with Crippen LogP contribution in [0.3, 0.4) is 0 Å². The summed E-state index contributed by atoms with van der Waals surface area (Å²) in [6.07, 6.45) is 2.68. The number of nitrogens with zero attached hydrogens (tertiary/aromatic N) is 2. The fraction of sp³-hybridized carbons (Fsp3) is 0.786. The Morgan fingerprint density at radius 1 is 1.44 bits per heavy atom. The van der Waals surface area contributed by atoms with E-state index in [1.165, 1.54) is 5.69 Å². The molecule has 0 aliphatic rings. The minimum atomic E-state index is -0.269. The van der Waals surface area contributed by atoms with Gasteiger partial charge in [0.2, 0.25) is 0 Å². The molecule has 0 bridgehead atoms. The van der Waals surface area contributed by atoms with Gasteiger partial charge in [0.25, 0.3) is 0 Å². The van der Waals surface area contributed by atoms with Gasteiger partial charge in [-0.2, -0.15) is 5.10 Å². The predicted molar refractivity (Wildman–Crippen MR) is 74.7 cm³/mol. The summed E-state index contributed by atoms with van der Waals surface area (Å²) in [5, 5.41) is 4.55. The average molecular weight is 253 g/mol. The Hall–Kier alpha value is -0.870. The van der Waals surface area contributed by atoms with Crippen LogP contribution in [0, 0.1) is 0 Å². The first-order chi connectivity index (χ1) is 8.50. The number of hydrogen-bond acceptors (Lipinski definition) is 3. The minimum absolute atomic E-state index is 0.0146. The third-order valence-corrected chi connectivity index (χ3v) is 3.96. The van der Waals surface area contributed by atoms with E-state index in [1.54, 1.807) is 7.11 Å². The zero-order chi connectivity index (χ0) is 13.8. The van der Waals surface area contributed by atoms with Crippen LogP contribution in [0.15, 0.2) is 6.07 Å². The van der Waals surface area contributed by atoms with Gasteiger partial charge in [0.15, 0.2) is 0 Å². The highest BCUT2D eigenvalue weighted by Gasteiger charge is 2.30. The van der Waals surface area contributed by atoms with Crippen molar-refractivity contribution < 1.29 is 4.74 Å². The van der Waals surface area contributed by atoms with E-state index in [1.807, 2.05) is 4.68 Å². The normalized spacial score (nSPS) is 16.6.